The summed E-state index contributed by atoms with van der Waals surface area (Å²) >= 11 is 0. The van der Waals surface area contributed by atoms with E-state index in [9.17, 15) is 4.79 Å². The fraction of sp³-hybridized carbons (Fsp3) is 0.364. The van der Waals surface area contributed by atoms with Gasteiger partial charge in [-0.15, -0.1) is 24.0 Å². The lowest BCUT2D eigenvalue weighted by molar-refractivity contribution is -0.130. The molecule has 0 unspecified atom stereocenters. The van der Waals surface area contributed by atoms with Gasteiger partial charge in [-0.05, 0) is 35.1 Å². The smallest absolute Gasteiger partial charge is 0.242 e. The van der Waals surface area contributed by atoms with Crippen molar-refractivity contribution >= 4 is 35.8 Å². The molecular weight excluding hydrogens is 463 g/mol. The summed E-state index contributed by atoms with van der Waals surface area (Å²) in [5.41, 5.74) is 5.37. The van der Waals surface area contributed by atoms with Crippen LogP contribution >= 0.6 is 24.0 Å². The molecule has 5 nitrogen and oxygen atoms in total. The molecule has 0 atom stereocenters. The zero-order valence-corrected chi connectivity index (χ0v) is 18.6. The van der Waals surface area contributed by atoms with Crippen LogP contribution in [0.5, 0.6) is 0 Å². The predicted octanol–water partition coefficient (Wildman–Crippen LogP) is 2.82. The second-order valence-corrected chi connectivity index (χ2v) is 7.18. The highest BCUT2D eigenvalue weighted by Crippen LogP contribution is 2.19. The van der Waals surface area contributed by atoms with Crippen LogP contribution in [0.3, 0.4) is 0 Å². The Balaban J connectivity index is 0.00000225. The maximum absolute atomic E-state index is 12.7. The molecule has 0 aromatic heterocycles. The molecule has 0 spiro atoms. The molecule has 2 heterocycles. The van der Waals surface area contributed by atoms with Crippen LogP contribution in [0.25, 0.3) is 0 Å². The van der Waals surface area contributed by atoms with Gasteiger partial charge in [0.15, 0.2) is 5.96 Å². The normalized spacial score (nSPS) is 16.0. The highest BCUT2D eigenvalue weighted by atomic mass is 127. The molecule has 2 aliphatic heterocycles. The van der Waals surface area contributed by atoms with E-state index in [1.54, 1.807) is 7.05 Å². The number of carbonyl (C=O) groups excluding carboxylic acids is 1. The van der Waals surface area contributed by atoms with E-state index in [1.807, 2.05) is 11.0 Å². The van der Waals surface area contributed by atoms with Crippen molar-refractivity contribution in [3.05, 3.63) is 70.8 Å². The van der Waals surface area contributed by atoms with Gasteiger partial charge in [-0.1, -0.05) is 48.5 Å². The molecule has 0 saturated heterocycles. The Labute approximate surface area is 183 Å². The molecule has 0 radical (unpaired) electrons. The molecule has 6 heteroatoms. The second-order valence-electron chi connectivity index (χ2n) is 7.18. The van der Waals surface area contributed by atoms with Crippen LogP contribution in [0.2, 0.25) is 0 Å². The van der Waals surface area contributed by atoms with Gasteiger partial charge in [0.1, 0.15) is 0 Å². The number of benzene rings is 2. The monoisotopic (exact) mass is 490 g/mol. The fourth-order valence-corrected chi connectivity index (χ4v) is 3.98. The van der Waals surface area contributed by atoms with Gasteiger partial charge in [-0.3, -0.25) is 9.79 Å². The molecule has 2 aromatic carbocycles. The van der Waals surface area contributed by atoms with E-state index in [-0.39, 0.29) is 36.4 Å². The number of aliphatic imine (C=N–C) groups is 1. The number of nitrogens with one attached hydrogen (secondary N) is 1. The first kappa shape index (κ1) is 20.6. The molecule has 0 aliphatic carbocycles. The predicted molar refractivity (Wildman–Crippen MR) is 123 cm³/mol. The van der Waals surface area contributed by atoms with Crippen LogP contribution in [0, 0.1) is 0 Å². The van der Waals surface area contributed by atoms with E-state index in [1.165, 1.54) is 22.3 Å². The summed E-state index contributed by atoms with van der Waals surface area (Å²) < 4.78 is 0. The van der Waals surface area contributed by atoms with E-state index >= 15 is 0 Å². The van der Waals surface area contributed by atoms with Gasteiger partial charge in [0.05, 0.1) is 6.54 Å². The third-order valence-electron chi connectivity index (χ3n) is 5.52. The number of nitrogens with zero attached hydrogens (tertiary/aromatic N) is 3. The quantitative estimate of drug-likeness (QED) is 0.400. The number of guanidine groups is 1. The molecular formula is C22H27IN4O. The first-order valence-corrected chi connectivity index (χ1v) is 9.61. The van der Waals surface area contributed by atoms with E-state index in [2.05, 4.69) is 57.7 Å². The Morgan fingerprint density at radius 2 is 1.39 bits per heavy atom. The largest absolute Gasteiger partial charge is 0.347 e. The van der Waals surface area contributed by atoms with Gasteiger partial charge >= 0.3 is 0 Å². The SMILES string of the molecule is CN=C(NCC(=O)N1CCc2ccccc2C1)N1CCc2ccccc2C1.I. The molecule has 2 aromatic rings. The molecule has 0 bridgehead atoms. The van der Waals surface area contributed by atoms with Gasteiger partial charge in [0.2, 0.25) is 5.91 Å². The van der Waals surface area contributed by atoms with E-state index in [4.69, 9.17) is 0 Å². The van der Waals surface area contributed by atoms with Crippen molar-refractivity contribution in [1.82, 2.24) is 15.1 Å². The van der Waals surface area contributed by atoms with Crippen LogP contribution in [0.4, 0.5) is 0 Å². The lowest BCUT2D eigenvalue weighted by atomic mass is 10.00. The number of carbonyl (C=O) groups is 1. The third kappa shape index (κ3) is 4.48. The molecule has 4 rings (SSSR count). The van der Waals surface area contributed by atoms with Gasteiger partial charge in [-0.2, -0.15) is 0 Å². The molecule has 148 valence electrons. The highest BCUT2D eigenvalue weighted by molar-refractivity contribution is 14.0. The van der Waals surface area contributed by atoms with Crippen LogP contribution in [0.1, 0.15) is 22.3 Å². The number of hydrogen-bond donors (Lipinski definition) is 1. The minimum absolute atomic E-state index is 0. The van der Waals surface area contributed by atoms with Crippen molar-refractivity contribution in [1.29, 1.82) is 0 Å². The van der Waals surface area contributed by atoms with E-state index in [0.29, 0.717) is 6.54 Å². The van der Waals surface area contributed by atoms with Crippen molar-refractivity contribution in [2.75, 3.05) is 26.7 Å². The molecule has 1 N–H and O–H groups in total. The Bertz CT molecular complexity index is 867. The second kappa shape index (κ2) is 9.41. The summed E-state index contributed by atoms with van der Waals surface area (Å²) in [4.78, 5) is 21.3. The summed E-state index contributed by atoms with van der Waals surface area (Å²) in [5.74, 6) is 0.929. The van der Waals surface area contributed by atoms with Crippen molar-refractivity contribution < 1.29 is 4.79 Å². The van der Waals surface area contributed by atoms with Crippen LogP contribution in [0.15, 0.2) is 53.5 Å². The van der Waals surface area contributed by atoms with Gasteiger partial charge in [0.25, 0.3) is 0 Å². The van der Waals surface area contributed by atoms with Crippen molar-refractivity contribution in [3.63, 3.8) is 0 Å². The van der Waals surface area contributed by atoms with Crippen molar-refractivity contribution in [2.24, 2.45) is 4.99 Å². The molecule has 2 aliphatic rings. The van der Waals surface area contributed by atoms with Crippen molar-refractivity contribution in [2.45, 2.75) is 25.9 Å². The average molecular weight is 490 g/mol. The fourth-order valence-electron chi connectivity index (χ4n) is 3.98. The summed E-state index contributed by atoms with van der Waals surface area (Å²) in [6.45, 7) is 3.52. The summed E-state index contributed by atoms with van der Waals surface area (Å²) in [6.07, 6.45) is 1.94. The maximum Gasteiger partial charge on any atom is 0.242 e. The van der Waals surface area contributed by atoms with Gasteiger partial charge in [0, 0.05) is 33.2 Å². The maximum atomic E-state index is 12.7. The number of fused-ring (bicyclic) bond motifs is 2. The first-order chi connectivity index (χ1) is 13.2. The minimum atomic E-state index is 0. The van der Waals surface area contributed by atoms with Gasteiger partial charge in [-0.25, -0.2) is 0 Å². The Morgan fingerprint density at radius 1 is 0.893 bits per heavy atom. The zero-order chi connectivity index (χ0) is 18.6. The third-order valence-corrected chi connectivity index (χ3v) is 5.52. The molecule has 28 heavy (non-hydrogen) atoms. The lowest BCUT2D eigenvalue weighted by Crippen LogP contribution is -2.48. The number of hydrogen-bond acceptors (Lipinski definition) is 2. The van der Waals surface area contributed by atoms with E-state index < -0.39 is 0 Å². The van der Waals surface area contributed by atoms with Gasteiger partial charge < -0.3 is 15.1 Å². The average Bonchev–Trinajstić information content (AvgIpc) is 2.73. The van der Waals surface area contributed by atoms with E-state index in [0.717, 1.165) is 38.4 Å². The van der Waals surface area contributed by atoms with Crippen LogP contribution < -0.4 is 5.32 Å². The Morgan fingerprint density at radius 3 is 1.96 bits per heavy atom. The lowest BCUT2D eigenvalue weighted by Gasteiger charge is -2.33. The summed E-state index contributed by atoms with van der Waals surface area (Å²) in [6, 6.07) is 16.9. The first-order valence-electron chi connectivity index (χ1n) is 9.61. The number of rotatable bonds is 2. The topological polar surface area (TPSA) is 47.9 Å². The molecule has 0 saturated carbocycles. The minimum Gasteiger partial charge on any atom is -0.347 e. The Kier molecular flexibility index (Phi) is 6.93. The highest BCUT2D eigenvalue weighted by Gasteiger charge is 2.22. The number of halogens is 1. The molecule has 0 fully saturated rings. The summed E-state index contributed by atoms with van der Waals surface area (Å²) in [5, 5.41) is 3.28. The van der Waals surface area contributed by atoms with Crippen molar-refractivity contribution in [3.8, 4) is 0 Å². The number of amides is 1. The standard InChI is InChI=1S/C22H26N4O.HI/c1-23-22(26-13-11-18-7-3-5-9-20(18)16-26)24-14-21(27)25-12-10-17-6-2-4-8-19(17)15-25;/h2-9H,10-16H2,1H3,(H,23,24);1H. The molecule has 1 amide bonds. The zero-order valence-electron chi connectivity index (χ0n) is 16.2. The van der Waals surface area contributed by atoms with Crippen LogP contribution in [-0.2, 0) is 30.7 Å². The van der Waals surface area contributed by atoms with Crippen LogP contribution in [-0.4, -0.2) is 48.3 Å². The Hall–Kier alpha value is -2.09. The summed E-state index contributed by atoms with van der Waals surface area (Å²) in [7, 11) is 1.78.